The molecule has 2 aliphatic rings. The fraction of sp³-hybridized carbons (Fsp3) is 0.417. The third kappa shape index (κ3) is 1.65. The van der Waals surface area contributed by atoms with E-state index >= 15 is 0 Å². The Morgan fingerprint density at radius 1 is 1.38 bits per heavy atom. The number of hydrogen-bond acceptors (Lipinski definition) is 3. The van der Waals surface area contributed by atoms with E-state index < -0.39 is 0 Å². The minimum Gasteiger partial charge on any atom is -0.378 e. The van der Waals surface area contributed by atoms with Crippen molar-refractivity contribution in [1.29, 1.82) is 0 Å². The van der Waals surface area contributed by atoms with Gasteiger partial charge in [0.1, 0.15) is 0 Å². The standard InChI is InChI=1S/C12H14N2O2/c15-12-11-5-9(14-10-6-16-7-10)2-1-8(11)3-4-13-12/h1-2,5,10,14H,3-4,6-7H2,(H,13,15). The highest BCUT2D eigenvalue weighted by molar-refractivity contribution is 5.97. The number of ether oxygens (including phenoxy) is 1. The van der Waals surface area contributed by atoms with Crippen LogP contribution < -0.4 is 10.6 Å². The first-order valence-corrected chi connectivity index (χ1v) is 5.58. The molecule has 0 radical (unpaired) electrons. The molecule has 1 aromatic rings. The van der Waals surface area contributed by atoms with Gasteiger partial charge in [-0.05, 0) is 24.1 Å². The third-order valence-corrected chi connectivity index (χ3v) is 3.04. The molecule has 1 amide bonds. The Kier molecular flexibility index (Phi) is 2.29. The average molecular weight is 218 g/mol. The zero-order valence-electron chi connectivity index (χ0n) is 8.95. The van der Waals surface area contributed by atoms with Gasteiger partial charge in [0.25, 0.3) is 5.91 Å². The molecule has 0 unspecified atom stereocenters. The van der Waals surface area contributed by atoms with Crippen molar-refractivity contribution in [3.63, 3.8) is 0 Å². The van der Waals surface area contributed by atoms with Gasteiger partial charge in [0.2, 0.25) is 0 Å². The molecule has 1 fully saturated rings. The SMILES string of the molecule is O=C1NCCc2ccc(NC3COC3)cc21. The van der Waals surface area contributed by atoms with E-state index in [1.54, 1.807) is 0 Å². The molecular formula is C12H14N2O2. The van der Waals surface area contributed by atoms with Crippen molar-refractivity contribution in [3.05, 3.63) is 29.3 Å². The smallest absolute Gasteiger partial charge is 0.251 e. The Morgan fingerprint density at radius 2 is 2.25 bits per heavy atom. The summed E-state index contributed by atoms with van der Waals surface area (Å²) in [6, 6.07) is 6.40. The Hall–Kier alpha value is -1.55. The lowest BCUT2D eigenvalue weighted by atomic mass is 9.99. The molecule has 0 bridgehead atoms. The maximum atomic E-state index is 11.6. The molecule has 2 heterocycles. The molecule has 84 valence electrons. The summed E-state index contributed by atoms with van der Waals surface area (Å²) in [5, 5.41) is 6.20. The van der Waals surface area contributed by atoms with E-state index in [0.29, 0.717) is 6.04 Å². The summed E-state index contributed by atoms with van der Waals surface area (Å²) in [4.78, 5) is 11.6. The second-order valence-corrected chi connectivity index (χ2v) is 4.26. The second kappa shape index (κ2) is 3.79. The van der Waals surface area contributed by atoms with Crippen molar-refractivity contribution < 1.29 is 9.53 Å². The van der Waals surface area contributed by atoms with Crippen molar-refractivity contribution in [2.75, 3.05) is 25.1 Å². The summed E-state index contributed by atoms with van der Waals surface area (Å²) >= 11 is 0. The minimum atomic E-state index is 0.0368. The number of hydrogen-bond donors (Lipinski definition) is 2. The zero-order chi connectivity index (χ0) is 11.0. The van der Waals surface area contributed by atoms with E-state index in [-0.39, 0.29) is 5.91 Å². The molecule has 2 N–H and O–H groups in total. The van der Waals surface area contributed by atoms with E-state index in [1.807, 2.05) is 18.2 Å². The molecular weight excluding hydrogens is 204 g/mol. The number of amides is 1. The summed E-state index contributed by atoms with van der Waals surface area (Å²) in [7, 11) is 0. The number of fused-ring (bicyclic) bond motifs is 1. The van der Waals surface area contributed by atoms with Crippen LogP contribution in [0.2, 0.25) is 0 Å². The molecule has 3 rings (SSSR count). The van der Waals surface area contributed by atoms with Crippen LogP contribution in [0.15, 0.2) is 18.2 Å². The summed E-state index contributed by atoms with van der Waals surface area (Å²) in [6.07, 6.45) is 0.924. The van der Waals surface area contributed by atoms with Gasteiger partial charge < -0.3 is 15.4 Å². The van der Waals surface area contributed by atoms with Gasteiger partial charge in [-0.3, -0.25) is 4.79 Å². The first-order chi connectivity index (χ1) is 7.83. The van der Waals surface area contributed by atoms with Crippen molar-refractivity contribution in [2.24, 2.45) is 0 Å². The van der Waals surface area contributed by atoms with Crippen LogP contribution >= 0.6 is 0 Å². The lowest BCUT2D eigenvalue weighted by Gasteiger charge is -2.28. The van der Waals surface area contributed by atoms with Gasteiger partial charge in [0.05, 0.1) is 19.3 Å². The molecule has 1 saturated heterocycles. The third-order valence-electron chi connectivity index (χ3n) is 3.04. The molecule has 16 heavy (non-hydrogen) atoms. The number of benzene rings is 1. The predicted molar refractivity (Wildman–Crippen MR) is 60.7 cm³/mol. The van der Waals surface area contributed by atoms with E-state index in [0.717, 1.165) is 43.0 Å². The average Bonchev–Trinajstić information content (AvgIpc) is 2.24. The highest BCUT2D eigenvalue weighted by Crippen LogP contribution is 2.20. The molecule has 0 saturated carbocycles. The van der Waals surface area contributed by atoms with Gasteiger partial charge in [-0.15, -0.1) is 0 Å². The van der Waals surface area contributed by atoms with Gasteiger partial charge in [-0.2, -0.15) is 0 Å². The fourth-order valence-electron chi connectivity index (χ4n) is 2.06. The molecule has 0 aromatic heterocycles. The largest absolute Gasteiger partial charge is 0.378 e. The van der Waals surface area contributed by atoms with Crippen LogP contribution in [0.1, 0.15) is 15.9 Å². The number of nitrogens with one attached hydrogen (secondary N) is 2. The van der Waals surface area contributed by atoms with E-state index in [4.69, 9.17) is 4.74 Å². The number of rotatable bonds is 2. The topological polar surface area (TPSA) is 50.4 Å². The van der Waals surface area contributed by atoms with Gasteiger partial charge >= 0.3 is 0 Å². The van der Waals surface area contributed by atoms with E-state index in [2.05, 4.69) is 10.6 Å². The van der Waals surface area contributed by atoms with Crippen LogP contribution in [0.4, 0.5) is 5.69 Å². The van der Waals surface area contributed by atoms with Crippen LogP contribution in [0.5, 0.6) is 0 Å². The van der Waals surface area contributed by atoms with Gasteiger partial charge in [-0.25, -0.2) is 0 Å². The quantitative estimate of drug-likeness (QED) is 0.771. The monoisotopic (exact) mass is 218 g/mol. The summed E-state index contributed by atoms with van der Waals surface area (Å²) in [5.41, 5.74) is 2.94. The van der Waals surface area contributed by atoms with Crippen molar-refractivity contribution in [1.82, 2.24) is 5.32 Å². The number of carbonyl (C=O) groups is 1. The summed E-state index contributed by atoms with van der Waals surface area (Å²) < 4.78 is 5.10. The van der Waals surface area contributed by atoms with Gasteiger partial charge in [-0.1, -0.05) is 6.07 Å². The van der Waals surface area contributed by atoms with Gasteiger partial charge in [0.15, 0.2) is 0 Å². The first-order valence-electron chi connectivity index (χ1n) is 5.58. The predicted octanol–water partition coefficient (Wildman–Crippen LogP) is 0.783. The minimum absolute atomic E-state index is 0.0368. The van der Waals surface area contributed by atoms with E-state index in [9.17, 15) is 4.79 Å². The highest BCUT2D eigenvalue weighted by Gasteiger charge is 2.20. The number of anilines is 1. The first kappa shape index (κ1) is 9.66. The molecule has 0 atom stereocenters. The summed E-state index contributed by atoms with van der Waals surface area (Å²) in [5.74, 6) is 0.0368. The molecule has 1 aromatic carbocycles. The van der Waals surface area contributed by atoms with Crippen LogP contribution in [0, 0.1) is 0 Å². The zero-order valence-corrected chi connectivity index (χ0v) is 8.95. The lowest BCUT2D eigenvalue weighted by Crippen LogP contribution is -2.40. The summed E-state index contributed by atoms with van der Waals surface area (Å²) in [6.45, 7) is 2.25. The molecule has 4 heteroatoms. The maximum Gasteiger partial charge on any atom is 0.251 e. The Bertz CT molecular complexity index is 427. The Balaban J connectivity index is 1.84. The van der Waals surface area contributed by atoms with Crippen LogP contribution in [-0.2, 0) is 11.2 Å². The lowest BCUT2D eigenvalue weighted by molar-refractivity contribution is 0.0211. The van der Waals surface area contributed by atoms with Crippen LogP contribution in [0.3, 0.4) is 0 Å². The van der Waals surface area contributed by atoms with E-state index in [1.165, 1.54) is 0 Å². The van der Waals surface area contributed by atoms with Crippen molar-refractivity contribution in [3.8, 4) is 0 Å². The van der Waals surface area contributed by atoms with Crippen molar-refractivity contribution in [2.45, 2.75) is 12.5 Å². The number of carbonyl (C=O) groups excluding carboxylic acids is 1. The molecule has 0 spiro atoms. The second-order valence-electron chi connectivity index (χ2n) is 4.26. The van der Waals surface area contributed by atoms with Crippen LogP contribution in [0.25, 0.3) is 0 Å². The molecule has 0 aliphatic carbocycles. The normalized spacial score (nSPS) is 19.6. The fourth-order valence-corrected chi connectivity index (χ4v) is 2.06. The van der Waals surface area contributed by atoms with Crippen LogP contribution in [-0.4, -0.2) is 31.7 Å². The maximum absolute atomic E-state index is 11.6. The van der Waals surface area contributed by atoms with Gasteiger partial charge in [0, 0.05) is 17.8 Å². The molecule has 2 aliphatic heterocycles. The Morgan fingerprint density at radius 3 is 3.00 bits per heavy atom. The van der Waals surface area contributed by atoms with Crippen molar-refractivity contribution >= 4 is 11.6 Å². The Labute approximate surface area is 94.0 Å². The molecule has 4 nitrogen and oxygen atoms in total. The highest BCUT2D eigenvalue weighted by atomic mass is 16.5.